The Balaban J connectivity index is 1.28. The zero-order chi connectivity index (χ0) is 29.1. The Kier molecular flexibility index (Phi) is 8.45. The van der Waals surface area contributed by atoms with Crippen LogP contribution in [0.2, 0.25) is 0 Å². The van der Waals surface area contributed by atoms with Crippen molar-refractivity contribution in [1.82, 2.24) is 14.4 Å². The number of morpholine rings is 1. The van der Waals surface area contributed by atoms with E-state index in [2.05, 4.69) is 125 Å². The Morgan fingerprint density at radius 1 is 0.762 bits per heavy atom. The number of amides is 1. The molecule has 1 amide bonds. The largest absolute Gasteiger partial charge is 0.378 e. The molecule has 0 N–H and O–H groups in total. The summed E-state index contributed by atoms with van der Waals surface area (Å²) >= 11 is 0. The van der Waals surface area contributed by atoms with Gasteiger partial charge in [-0.05, 0) is 37.5 Å². The molecule has 6 nitrogen and oxygen atoms in total. The van der Waals surface area contributed by atoms with E-state index in [0.717, 1.165) is 56.3 Å². The number of carbonyl (C=O) groups is 1. The van der Waals surface area contributed by atoms with Crippen LogP contribution in [0.15, 0.2) is 84.9 Å². The molecule has 3 heterocycles. The number of piperazine rings is 1. The van der Waals surface area contributed by atoms with E-state index in [-0.39, 0.29) is 11.9 Å². The van der Waals surface area contributed by atoms with Crippen LogP contribution in [0.1, 0.15) is 50.0 Å². The molecule has 1 aromatic heterocycles. The molecule has 6 rings (SSSR count). The van der Waals surface area contributed by atoms with E-state index in [4.69, 9.17) is 4.74 Å². The molecule has 4 aromatic rings. The second-order valence-electron chi connectivity index (χ2n) is 11.6. The molecule has 2 aliphatic heterocycles. The number of hydrogen-bond donors (Lipinski definition) is 0. The van der Waals surface area contributed by atoms with Crippen molar-refractivity contribution in [3.63, 3.8) is 0 Å². The highest BCUT2D eigenvalue weighted by molar-refractivity contribution is 5.97. The summed E-state index contributed by atoms with van der Waals surface area (Å²) in [5, 5.41) is 0. The zero-order valence-electron chi connectivity index (χ0n) is 25.1. The third kappa shape index (κ3) is 5.74. The molecule has 218 valence electrons. The van der Waals surface area contributed by atoms with Crippen molar-refractivity contribution in [1.29, 1.82) is 0 Å². The Morgan fingerprint density at radius 3 is 1.98 bits per heavy atom. The summed E-state index contributed by atoms with van der Waals surface area (Å²) in [7, 11) is 0. The predicted molar refractivity (Wildman–Crippen MR) is 169 cm³/mol. The van der Waals surface area contributed by atoms with E-state index in [1.54, 1.807) is 0 Å². The molecular formula is C36H42N4O2. The summed E-state index contributed by atoms with van der Waals surface area (Å²) in [4.78, 5) is 21.4. The number of ether oxygens (including phenoxy) is 1. The van der Waals surface area contributed by atoms with E-state index in [0.29, 0.717) is 19.6 Å². The van der Waals surface area contributed by atoms with Gasteiger partial charge in [0, 0.05) is 57.1 Å². The summed E-state index contributed by atoms with van der Waals surface area (Å²) in [5.41, 5.74) is 9.29. The highest BCUT2D eigenvalue weighted by atomic mass is 16.5. The topological polar surface area (TPSA) is 41.0 Å². The molecule has 0 aliphatic carbocycles. The molecule has 42 heavy (non-hydrogen) atoms. The fourth-order valence-corrected chi connectivity index (χ4v) is 6.82. The third-order valence-electron chi connectivity index (χ3n) is 8.88. The number of anilines is 1. The standard InChI is InChI=1S/C36H42N4O2/c1-27-11-10-12-30(25-27)26-40-29(3)33(38-21-23-42-24-22-38)28(2)34(40)36(41)39-19-17-37(18-20-39)35(31-13-6-4-7-14-31)32-15-8-5-9-16-32/h4-16,25,35H,17-24,26H2,1-3H3. The molecule has 0 bridgehead atoms. The summed E-state index contributed by atoms with van der Waals surface area (Å²) < 4.78 is 7.92. The van der Waals surface area contributed by atoms with Gasteiger partial charge in [-0.2, -0.15) is 0 Å². The molecule has 0 atom stereocenters. The molecule has 0 radical (unpaired) electrons. The van der Waals surface area contributed by atoms with Gasteiger partial charge in [0.2, 0.25) is 0 Å². The monoisotopic (exact) mass is 562 g/mol. The number of rotatable bonds is 7. The van der Waals surface area contributed by atoms with Crippen molar-refractivity contribution in [2.75, 3.05) is 57.4 Å². The van der Waals surface area contributed by atoms with Crippen molar-refractivity contribution >= 4 is 11.6 Å². The van der Waals surface area contributed by atoms with Crippen LogP contribution in [0.3, 0.4) is 0 Å². The minimum Gasteiger partial charge on any atom is -0.378 e. The van der Waals surface area contributed by atoms with Gasteiger partial charge in [-0.1, -0.05) is 90.5 Å². The van der Waals surface area contributed by atoms with Gasteiger partial charge in [-0.3, -0.25) is 9.69 Å². The van der Waals surface area contributed by atoms with Crippen molar-refractivity contribution in [3.8, 4) is 0 Å². The fourth-order valence-electron chi connectivity index (χ4n) is 6.82. The maximum Gasteiger partial charge on any atom is 0.270 e. The Morgan fingerprint density at radius 2 is 1.38 bits per heavy atom. The molecular weight excluding hydrogens is 520 g/mol. The molecule has 0 spiro atoms. The molecule has 0 unspecified atom stereocenters. The van der Waals surface area contributed by atoms with Crippen LogP contribution in [0.5, 0.6) is 0 Å². The van der Waals surface area contributed by atoms with Crippen molar-refractivity contribution in [2.45, 2.75) is 33.4 Å². The van der Waals surface area contributed by atoms with Crippen LogP contribution < -0.4 is 4.90 Å². The molecule has 6 heteroatoms. The SMILES string of the molecule is Cc1cccc(Cn2c(C)c(N3CCOCC3)c(C)c2C(=O)N2CCN(C(c3ccccc3)c3ccccc3)CC2)c1. The van der Waals surface area contributed by atoms with Crippen LogP contribution in [-0.2, 0) is 11.3 Å². The van der Waals surface area contributed by atoms with E-state index < -0.39 is 0 Å². The number of carbonyl (C=O) groups excluding carboxylic acids is 1. The third-order valence-corrected chi connectivity index (χ3v) is 8.88. The van der Waals surface area contributed by atoms with E-state index in [1.807, 2.05) is 0 Å². The minimum atomic E-state index is 0.137. The van der Waals surface area contributed by atoms with Crippen molar-refractivity contribution < 1.29 is 9.53 Å². The van der Waals surface area contributed by atoms with Gasteiger partial charge >= 0.3 is 0 Å². The van der Waals surface area contributed by atoms with E-state index in [9.17, 15) is 4.79 Å². The second-order valence-corrected chi connectivity index (χ2v) is 11.6. The summed E-state index contributed by atoms with van der Waals surface area (Å²) in [6, 6.07) is 30.3. The molecule has 2 fully saturated rings. The smallest absolute Gasteiger partial charge is 0.270 e. The lowest BCUT2D eigenvalue weighted by molar-refractivity contribution is 0.0586. The molecule has 2 saturated heterocycles. The number of aromatic nitrogens is 1. The lowest BCUT2D eigenvalue weighted by Crippen LogP contribution is -2.50. The van der Waals surface area contributed by atoms with Crippen LogP contribution in [0.4, 0.5) is 5.69 Å². The quantitative estimate of drug-likeness (QED) is 0.284. The average molecular weight is 563 g/mol. The molecule has 3 aromatic carbocycles. The first kappa shape index (κ1) is 28.3. The van der Waals surface area contributed by atoms with Gasteiger partial charge in [-0.15, -0.1) is 0 Å². The fraction of sp³-hybridized carbons (Fsp3) is 0.361. The van der Waals surface area contributed by atoms with E-state index in [1.165, 1.54) is 27.9 Å². The predicted octanol–water partition coefficient (Wildman–Crippen LogP) is 5.85. The molecule has 0 saturated carbocycles. The Bertz CT molecular complexity index is 1460. The first-order valence-electron chi connectivity index (χ1n) is 15.2. The van der Waals surface area contributed by atoms with Gasteiger partial charge in [-0.25, -0.2) is 0 Å². The van der Waals surface area contributed by atoms with Gasteiger partial charge < -0.3 is 19.1 Å². The number of benzene rings is 3. The minimum absolute atomic E-state index is 0.137. The van der Waals surface area contributed by atoms with Gasteiger partial charge in [0.25, 0.3) is 5.91 Å². The zero-order valence-corrected chi connectivity index (χ0v) is 25.1. The summed E-state index contributed by atoms with van der Waals surface area (Å²) in [6.45, 7) is 13.3. The number of nitrogens with zero attached hydrogens (tertiary/aromatic N) is 4. The Hall–Kier alpha value is -3.87. The highest BCUT2D eigenvalue weighted by Crippen LogP contribution is 2.34. The van der Waals surface area contributed by atoms with Gasteiger partial charge in [0.15, 0.2) is 0 Å². The summed E-state index contributed by atoms with van der Waals surface area (Å²) in [6.07, 6.45) is 0. The Labute approximate surface area is 250 Å². The van der Waals surface area contributed by atoms with Crippen molar-refractivity contribution in [2.24, 2.45) is 0 Å². The highest BCUT2D eigenvalue weighted by Gasteiger charge is 2.33. The maximum absolute atomic E-state index is 14.4. The first-order valence-corrected chi connectivity index (χ1v) is 15.2. The second kappa shape index (κ2) is 12.6. The maximum atomic E-state index is 14.4. The van der Waals surface area contributed by atoms with Crippen molar-refractivity contribution in [3.05, 3.63) is 124 Å². The summed E-state index contributed by atoms with van der Waals surface area (Å²) in [5.74, 6) is 0.137. The average Bonchev–Trinajstić information content (AvgIpc) is 3.27. The van der Waals surface area contributed by atoms with E-state index >= 15 is 0 Å². The first-order chi connectivity index (χ1) is 20.5. The molecule has 2 aliphatic rings. The lowest BCUT2D eigenvalue weighted by atomic mass is 9.96. The van der Waals surface area contributed by atoms with Crippen LogP contribution in [0, 0.1) is 20.8 Å². The van der Waals surface area contributed by atoms with Gasteiger partial charge in [0.05, 0.1) is 24.9 Å². The van der Waals surface area contributed by atoms with Crippen LogP contribution in [-0.4, -0.2) is 72.8 Å². The van der Waals surface area contributed by atoms with Crippen LogP contribution in [0.25, 0.3) is 0 Å². The number of aryl methyl sites for hydroxylation is 1. The number of hydrogen-bond acceptors (Lipinski definition) is 4. The van der Waals surface area contributed by atoms with Gasteiger partial charge in [0.1, 0.15) is 5.69 Å². The lowest BCUT2D eigenvalue weighted by Gasteiger charge is -2.40. The normalized spacial score (nSPS) is 16.3. The van der Waals surface area contributed by atoms with Crippen LogP contribution >= 0.6 is 0 Å².